The van der Waals surface area contributed by atoms with Crippen LogP contribution in [0.5, 0.6) is 0 Å². The quantitative estimate of drug-likeness (QED) is 0.596. The zero-order valence-corrected chi connectivity index (χ0v) is 14.8. The lowest BCUT2D eigenvalue weighted by molar-refractivity contribution is 0.0785. The summed E-state index contributed by atoms with van der Waals surface area (Å²) in [5, 5.41) is 1.35. The van der Waals surface area contributed by atoms with E-state index < -0.39 is 0 Å². The molecule has 116 valence electrons. The van der Waals surface area contributed by atoms with Gasteiger partial charge in [0.05, 0.1) is 5.52 Å². The Kier molecular flexibility index (Phi) is 4.64. The van der Waals surface area contributed by atoms with Gasteiger partial charge in [-0.15, -0.1) is 0 Å². The van der Waals surface area contributed by atoms with E-state index in [0.717, 1.165) is 20.9 Å². The van der Waals surface area contributed by atoms with Gasteiger partial charge in [0.15, 0.2) is 0 Å². The monoisotopic (exact) mass is 388 g/mol. The van der Waals surface area contributed by atoms with Crippen molar-refractivity contribution < 1.29 is 4.79 Å². The molecule has 0 spiro atoms. The SMILES string of the molecule is CN(Cc1ccc(Br)cc1)C(=O)c1ccc2nc(Cl)ccc2c1. The fourth-order valence-electron chi connectivity index (χ4n) is 2.39. The van der Waals surface area contributed by atoms with Gasteiger partial charge in [0.2, 0.25) is 0 Å². The Morgan fingerprint density at radius 3 is 2.61 bits per heavy atom. The zero-order valence-electron chi connectivity index (χ0n) is 12.5. The number of nitrogens with zero attached hydrogens (tertiary/aromatic N) is 2. The molecule has 0 bridgehead atoms. The first-order chi connectivity index (χ1) is 11.0. The lowest BCUT2D eigenvalue weighted by atomic mass is 10.1. The number of hydrogen-bond acceptors (Lipinski definition) is 2. The van der Waals surface area contributed by atoms with Crippen LogP contribution in [0.25, 0.3) is 10.9 Å². The molecule has 0 unspecified atom stereocenters. The fourth-order valence-corrected chi connectivity index (χ4v) is 2.81. The van der Waals surface area contributed by atoms with Crippen molar-refractivity contribution in [2.45, 2.75) is 6.54 Å². The summed E-state index contributed by atoms with van der Waals surface area (Å²) in [5.41, 5.74) is 2.50. The fraction of sp³-hybridized carbons (Fsp3) is 0.111. The molecule has 0 fully saturated rings. The number of amides is 1. The van der Waals surface area contributed by atoms with Crippen LogP contribution in [-0.2, 0) is 6.54 Å². The number of benzene rings is 2. The third-order valence-corrected chi connectivity index (χ3v) is 4.32. The molecular formula is C18H14BrClN2O. The van der Waals surface area contributed by atoms with Crippen molar-refractivity contribution in [2.75, 3.05) is 7.05 Å². The molecule has 0 saturated heterocycles. The summed E-state index contributed by atoms with van der Waals surface area (Å²) in [5.74, 6) is -0.0234. The van der Waals surface area contributed by atoms with Crippen molar-refractivity contribution in [3.63, 3.8) is 0 Å². The molecule has 1 heterocycles. The molecule has 0 saturated carbocycles. The predicted octanol–water partition coefficient (Wildman–Crippen LogP) is 4.92. The highest BCUT2D eigenvalue weighted by Gasteiger charge is 2.13. The smallest absolute Gasteiger partial charge is 0.253 e. The van der Waals surface area contributed by atoms with Crippen molar-refractivity contribution in [1.29, 1.82) is 0 Å². The molecule has 3 aromatic rings. The van der Waals surface area contributed by atoms with E-state index in [1.165, 1.54) is 0 Å². The van der Waals surface area contributed by atoms with Gasteiger partial charge >= 0.3 is 0 Å². The van der Waals surface area contributed by atoms with E-state index in [4.69, 9.17) is 11.6 Å². The van der Waals surface area contributed by atoms with Gasteiger partial charge in [0, 0.05) is 29.0 Å². The standard InChI is InChI=1S/C18H14BrClN2O/c1-22(11-12-2-6-15(19)7-3-12)18(23)14-4-8-16-13(10-14)5-9-17(20)21-16/h2-10H,11H2,1H3. The number of carbonyl (C=O) groups is 1. The van der Waals surface area contributed by atoms with E-state index in [1.54, 1.807) is 24.1 Å². The average molecular weight is 390 g/mol. The third kappa shape index (κ3) is 3.71. The highest BCUT2D eigenvalue weighted by molar-refractivity contribution is 9.10. The molecule has 0 atom stereocenters. The van der Waals surface area contributed by atoms with Crippen LogP contribution in [0.4, 0.5) is 0 Å². The van der Waals surface area contributed by atoms with Gasteiger partial charge in [-0.3, -0.25) is 4.79 Å². The highest BCUT2D eigenvalue weighted by atomic mass is 79.9. The molecule has 1 amide bonds. The number of fused-ring (bicyclic) bond motifs is 1. The minimum absolute atomic E-state index is 0.0234. The van der Waals surface area contributed by atoms with Gasteiger partial charge in [-0.2, -0.15) is 0 Å². The Bertz CT molecular complexity index is 865. The maximum atomic E-state index is 12.6. The second-order valence-corrected chi connectivity index (χ2v) is 6.63. The lowest BCUT2D eigenvalue weighted by Gasteiger charge is -2.17. The maximum absolute atomic E-state index is 12.6. The molecule has 3 rings (SSSR count). The molecule has 5 heteroatoms. The van der Waals surface area contributed by atoms with Gasteiger partial charge in [0.1, 0.15) is 5.15 Å². The van der Waals surface area contributed by atoms with E-state index in [-0.39, 0.29) is 5.91 Å². The number of aromatic nitrogens is 1. The van der Waals surface area contributed by atoms with E-state index in [9.17, 15) is 4.79 Å². The third-order valence-electron chi connectivity index (χ3n) is 3.58. The summed E-state index contributed by atoms with van der Waals surface area (Å²) in [6.45, 7) is 0.559. The van der Waals surface area contributed by atoms with Crippen molar-refractivity contribution in [3.05, 3.63) is 75.4 Å². The normalized spacial score (nSPS) is 10.7. The van der Waals surface area contributed by atoms with Gasteiger partial charge in [-0.05, 0) is 48.0 Å². The Labute approximate surface area is 148 Å². The van der Waals surface area contributed by atoms with E-state index in [2.05, 4.69) is 20.9 Å². The molecule has 0 aliphatic carbocycles. The molecule has 3 nitrogen and oxygen atoms in total. The van der Waals surface area contributed by atoms with Crippen LogP contribution < -0.4 is 0 Å². The first kappa shape index (κ1) is 16.0. The topological polar surface area (TPSA) is 33.2 Å². The molecule has 2 aromatic carbocycles. The minimum Gasteiger partial charge on any atom is -0.337 e. The summed E-state index contributed by atoms with van der Waals surface area (Å²) < 4.78 is 1.02. The number of pyridine rings is 1. The van der Waals surface area contributed by atoms with Crippen LogP contribution >= 0.6 is 27.5 Å². The largest absolute Gasteiger partial charge is 0.337 e. The summed E-state index contributed by atoms with van der Waals surface area (Å²) in [4.78, 5) is 18.5. The van der Waals surface area contributed by atoms with Crippen LogP contribution in [0.15, 0.2) is 59.1 Å². The Morgan fingerprint density at radius 2 is 1.87 bits per heavy atom. The Morgan fingerprint density at radius 1 is 1.13 bits per heavy atom. The van der Waals surface area contributed by atoms with Crippen LogP contribution in [-0.4, -0.2) is 22.8 Å². The van der Waals surface area contributed by atoms with Crippen molar-refractivity contribution >= 4 is 44.3 Å². The molecule has 0 N–H and O–H groups in total. The minimum atomic E-state index is -0.0234. The van der Waals surface area contributed by atoms with Crippen LogP contribution in [0.1, 0.15) is 15.9 Å². The number of carbonyl (C=O) groups excluding carboxylic acids is 1. The van der Waals surface area contributed by atoms with E-state index >= 15 is 0 Å². The van der Waals surface area contributed by atoms with Crippen molar-refractivity contribution in [1.82, 2.24) is 9.88 Å². The van der Waals surface area contributed by atoms with Gasteiger partial charge in [-0.1, -0.05) is 39.7 Å². The Hall–Kier alpha value is -1.91. The predicted molar refractivity (Wildman–Crippen MR) is 96.7 cm³/mol. The van der Waals surface area contributed by atoms with Crippen molar-refractivity contribution in [3.8, 4) is 0 Å². The van der Waals surface area contributed by atoms with Crippen LogP contribution in [0.3, 0.4) is 0 Å². The molecule has 0 radical (unpaired) electrons. The van der Waals surface area contributed by atoms with Crippen LogP contribution in [0.2, 0.25) is 5.15 Å². The molecule has 0 aliphatic heterocycles. The lowest BCUT2D eigenvalue weighted by Crippen LogP contribution is -2.26. The number of halogens is 2. The molecule has 1 aromatic heterocycles. The van der Waals surface area contributed by atoms with E-state index in [1.807, 2.05) is 42.5 Å². The Balaban J connectivity index is 1.81. The zero-order chi connectivity index (χ0) is 16.4. The van der Waals surface area contributed by atoms with Gasteiger partial charge in [-0.25, -0.2) is 4.98 Å². The summed E-state index contributed by atoms with van der Waals surface area (Å²) >= 11 is 9.29. The second-order valence-electron chi connectivity index (χ2n) is 5.33. The summed E-state index contributed by atoms with van der Waals surface area (Å²) in [6.07, 6.45) is 0. The molecule has 23 heavy (non-hydrogen) atoms. The molecule has 0 aliphatic rings. The summed E-state index contributed by atoms with van der Waals surface area (Å²) in [7, 11) is 1.80. The first-order valence-electron chi connectivity index (χ1n) is 7.09. The average Bonchev–Trinajstić information content (AvgIpc) is 2.55. The maximum Gasteiger partial charge on any atom is 0.253 e. The number of hydrogen-bond donors (Lipinski definition) is 0. The van der Waals surface area contributed by atoms with Crippen LogP contribution in [0, 0.1) is 0 Å². The van der Waals surface area contributed by atoms with E-state index in [0.29, 0.717) is 17.3 Å². The summed E-state index contributed by atoms with van der Waals surface area (Å²) in [6, 6.07) is 17.0. The van der Waals surface area contributed by atoms with Crippen molar-refractivity contribution in [2.24, 2.45) is 0 Å². The highest BCUT2D eigenvalue weighted by Crippen LogP contribution is 2.19. The van der Waals surface area contributed by atoms with Gasteiger partial charge < -0.3 is 4.90 Å². The number of rotatable bonds is 3. The molecular weight excluding hydrogens is 376 g/mol. The first-order valence-corrected chi connectivity index (χ1v) is 8.26. The van der Waals surface area contributed by atoms with Gasteiger partial charge in [0.25, 0.3) is 5.91 Å². The second kappa shape index (κ2) is 6.69.